The average Bonchev–Trinajstić information content (AvgIpc) is 2.91. The molecule has 4 aliphatic rings. The highest BCUT2D eigenvalue weighted by molar-refractivity contribution is 5.91. The van der Waals surface area contributed by atoms with Gasteiger partial charge >= 0.3 is 0 Å². The van der Waals surface area contributed by atoms with Crippen molar-refractivity contribution in [2.24, 2.45) is 28.1 Å². The number of carbonyl (C=O) groups is 1. The summed E-state index contributed by atoms with van der Waals surface area (Å²) in [5, 5.41) is 0. The van der Waals surface area contributed by atoms with Gasteiger partial charge in [0, 0.05) is 13.5 Å². The van der Waals surface area contributed by atoms with Crippen LogP contribution in [0.15, 0.2) is 11.6 Å². The molecule has 4 rings (SSSR count). The molecule has 0 radical (unpaired) electrons. The van der Waals surface area contributed by atoms with Crippen molar-refractivity contribution in [2.45, 2.75) is 78.2 Å². The van der Waals surface area contributed by atoms with Gasteiger partial charge in [0.15, 0.2) is 5.78 Å². The summed E-state index contributed by atoms with van der Waals surface area (Å²) in [6.07, 6.45) is 11.5. The molecule has 0 heterocycles. The Balaban J connectivity index is 1.65. The fourth-order valence-electron chi connectivity index (χ4n) is 7.60. The molecule has 0 aliphatic heterocycles. The second kappa shape index (κ2) is 5.92. The zero-order valence-electron chi connectivity index (χ0n) is 16.4. The third-order valence-electron chi connectivity index (χ3n) is 8.86. The van der Waals surface area contributed by atoms with Gasteiger partial charge < -0.3 is 9.47 Å². The highest BCUT2D eigenvalue weighted by Gasteiger charge is 2.64. The van der Waals surface area contributed by atoms with Crippen molar-refractivity contribution in [3.8, 4) is 0 Å². The molecular weight excluding hydrogens is 312 g/mol. The van der Waals surface area contributed by atoms with E-state index < -0.39 is 0 Å². The molecule has 3 saturated carbocycles. The first-order chi connectivity index (χ1) is 11.8. The molecule has 25 heavy (non-hydrogen) atoms. The van der Waals surface area contributed by atoms with Crippen molar-refractivity contribution in [3.63, 3.8) is 0 Å². The predicted octanol–water partition coefficient (Wildman–Crippen LogP) is 4.90. The standard InChI is InChI=1S/C22H34O3/c1-20-11-8-16(23)13-15(20)7-10-21(2)17-5-6-19(25-14-24-4)22(17,3)12-9-18(20)21/h13,17-19H,5-12,14H2,1-4H3/t17-,18+,19-,20-,21-,22-/m0/s1. The minimum atomic E-state index is 0.244. The van der Waals surface area contributed by atoms with Gasteiger partial charge in [0.05, 0.1) is 6.10 Å². The van der Waals surface area contributed by atoms with E-state index in [1.165, 1.54) is 37.7 Å². The van der Waals surface area contributed by atoms with Gasteiger partial charge in [-0.3, -0.25) is 4.79 Å². The van der Waals surface area contributed by atoms with Crippen molar-refractivity contribution in [2.75, 3.05) is 13.9 Å². The van der Waals surface area contributed by atoms with Crippen LogP contribution in [0.25, 0.3) is 0 Å². The van der Waals surface area contributed by atoms with Crippen molar-refractivity contribution < 1.29 is 14.3 Å². The minimum absolute atomic E-state index is 0.244. The molecular formula is C22H34O3. The van der Waals surface area contributed by atoms with E-state index in [9.17, 15) is 4.79 Å². The van der Waals surface area contributed by atoms with Crippen molar-refractivity contribution in [1.82, 2.24) is 0 Å². The van der Waals surface area contributed by atoms with Crippen LogP contribution in [0, 0.1) is 28.1 Å². The first-order valence-corrected chi connectivity index (χ1v) is 10.2. The van der Waals surface area contributed by atoms with E-state index in [-0.39, 0.29) is 10.8 Å². The highest BCUT2D eigenvalue weighted by atomic mass is 16.7. The zero-order valence-corrected chi connectivity index (χ0v) is 16.4. The molecule has 0 N–H and O–H groups in total. The van der Waals surface area contributed by atoms with E-state index in [0.717, 1.165) is 25.2 Å². The molecule has 3 heteroatoms. The Morgan fingerprint density at radius 3 is 2.56 bits per heavy atom. The molecule has 0 bridgehead atoms. The molecule has 0 saturated heterocycles. The molecule has 3 nitrogen and oxygen atoms in total. The third kappa shape index (κ3) is 2.41. The van der Waals surface area contributed by atoms with Crippen LogP contribution >= 0.6 is 0 Å². The third-order valence-corrected chi connectivity index (χ3v) is 8.86. The van der Waals surface area contributed by atoms with Gasteiger partial charge in [0.25, 0.3) is 0 Å². The van der Waals surface area contributed by atoms with Gasteiger partial charge in [-0.15, -0.1) is 0 Å². The smallest absolute Gasteiger partial charge is 0.155 e. The van der Waals surface area contributed by atoms with E-state index in [1.807, 2.05) is 6.08 Å². The quantitative estimate of drug-likeness (QED) is 0.682. The number of carbonyl (C=O) groups excluding carboxylic acids is 1. The fraction of sp³-hybridized carbons (Fsp3) is 0.864. The highest BCUT2D eigenvalue weighted by Crippen LogP contribution is 2.70. The molecule has 0 aromatic rings. The van der Waals surface area contributed by atoms with Gasteiger partial charge in [-0.25, -0.2) is 0 Å². The number of hydrogen-bond acceptors (Lipinski definition) is 3. The summed E-state index contributed by atoms with van der Waals surface area (Å²) >= 11 is 0. The molecule has 3 fully saturated rings. The number of ether oxygens (including phenoxy) is 2. The predicted molar refractivity (Wildman–Crippen MR) is 98.1 cm³/mol. The second-order valence-corrected chi connectivity index (χ2v) is 9.85. The number of allylic oxidation sites excluding steroid dienone is 1. The summed E-state index contributed by atoms with van der Waals surface area (Å²) in [5.41, 5.74) is 2.37. The van der Waals surface area contributed by atoms with Crippen LogP contribution in [0.5, 0.6) is 0 Å². The van der Waals surface area contributed by atoms with Gasteiger partial charge in [0.2, 0.25) is 0 Å². The molecule has 140 valence electrons. The summed E-state index contributed by atoms with van der Waals surface area (Å²) in [6, 6.07) is 0. The van der Waals surface area contributed by atoms with E-state index >= 15 is 0 Å². The number of ketones is 1. The molecule has 0 unspecified atom stereocenters. The number of methoxy groups -OCH3 is 1. The maximum absolute atomic E-state index is 12.0. The minimum Gasteiger partial charge on any atom is -0.359 e. The molecule has 0 aromatic carbocycles. The molecule has 6 atom stereocenters. The number of rotatable bonds is 3. The topological polar surface area (TPSA) is 35.5 Å². The van der Waals surface area contributed by atoms with Crippen molar-refractivity contribution in [3.05, 3.63) is 11.6 Å². The first kappa shape index (κ1) is 17.7. The van der Waals surface area contributed by atoms with Crippen LogP contribution in [0.1, 0.15) is 72.1 Å². The lowest BCUT2D eigenvalue weighted by molar-refractivity contribution is -0.162. The Bertz CT molecular complexity index is 596. The van der Waals surface area contributed by atoms with Crippen LogP contribution < -0.4 is 0 Å². The SMILES string of the molecule is COCO[C@H]1CC[C@@H]2[C@]1(C)CC[C@H]1[C@@]2(C)CCC2=CC(=O)CC[C@@]21C. The summed E-state index contributed by atoms with van der Waals surface area (Å²) < 4.78 is 11.3. The van der Waals surface area contributed by atoms with E-state index in [0.29, 0.717) is 30.0 Å². The summed E-state index contributed by atoms with van der Waals surface area (Å²) in [5.74, 6) is 1.80. The molecule has 0 aromatic heterocycles. The maximum atomic E-state index is 12.0. The van der Waals surface area contributed by atoms with Crippen LogP contribution in [-0.2, 0) is 14.3 Å². The zero-order chi connectivity index (χ0) is 17.9. The van der Waals surface area contributed by atoms with Gasteiger partial charge in [-0.2, -0.15) is 0 Å². The van der Waals surface area contributed by atoms with Gasteiger partial charge in [-0.1, -0.05) is 26.3 Å². The van der Waals surface area contributed by atoms with Gasteiger partial charge in [-0.05, 0) is 79.1 Å². The number of hydrogen-bond donors (Lipinski definition) is 0. The Hall–Kier alpha value is -0.670. The Morgan fingerprint density at radius 2 is 1.80 bits per heavy atom. The second-order valence-electron chi connectivity index (χ2n) is 9.85. The molecule has 4 aliphatic carbocycles. The van der Waals surface area contributed by atoms with Crippen molar-refractivity contribution in [1.29, 1.82) is 0 Å². The Morgan fingerprint density at radius 1 is 1.00 bits per heavy atom. The molecule has 0 amide bonds. The monoisotopic (exact) mass is 346 g/mol. The summed E-state index contributed by atoms with van der Waals surface area (Å²) in [7, 11) is 1.72. The van der Waals surface area contributed by atoms with Gasteiger partial charge in [0.1, 0.15) is 6.79 Å². The lowest BCUT2D eigenvalue weighted by atomic mass is 9.41. The Kier molecular flexibility index (Phi) is 4.20. The molecule has 0 spiro atoms. The Labute approximate surface area is 152 Å². The fourth-order valence-corrected chi connectivity index (χ4v) is 7.60. The lowest BCUT2D eigenvalue weighted by Gasteiger charge is -2.63. The van der Waals surface area contributed by atoms with Crippen LogP contribution in [0.2, 0.25) is 0 Å². The van der Waals surface area contributed by atoms with Crippen LogP contribution in [0.4, 0.5) is 0 Å². The first-order valence-electron chi connectivity index (χ1n) is 10.2. The number of fused-ring (bicyclic) bond motifs is 5. The maximum Gasteiger partial charge on any atom is 0.155 e. The van der Waals surface area contributed by atoms with Crippen LogP contribution in [0.3, 0.4) is 0 Å². The van der Waals surface area contributed by atoms with E-state index in [2.05, 4.69) is 20.8 Å². The largest absolute Gasteiger partial charge is 0.359 e. The van der Waals surface area contributed by atoms with E-state index in [4.69, 9.17) is 9.47 Å². The lowest BCUT2D eigenvalue weighted by Crippen LogP contribution is -2.57. The van der Waals surface area contributed by atoms with Crippen molar-refractivity contribution >= 4 is 5.78 Å². The summed E-state index contributed by atoms with van der Waals surface area (Å²) in [6.45, 7) is 7.92. The summed E-state index contributed by atoms with van der Waals surface area (Å²) in [4.78, 5) is 12.0. The average molecular weight is 347 g/mol. The normalized spacial score (nSPS) is 49.2. The van der Waals surface area contributed by atoms with Crippen LogP contribution in [-0.4, -0.2) is 25.8 Å². The van der Waals surface area contributed by atoms with E-state index in [1.54, 1.807) is 7.11 Å².